The Morgan fingerprint density at radius 1 is 1.54 bits per heavy atom. The van der Waals surface area contributed by atoms with Crippen LogP contribution in [-0.4, -0.2) is 53.7 Å². The molecule has 0 radical (unpaired) electrons. The maximum absolute atomic E-state index is 10.6. The van der Waals surface area contributed by atoms with Crippen molar-refractivity contribution in [2.75, 3.05) is 20.6 Å². The summed E-state index contributed by atoms with van der Waals surface area (Å²) in [5, 5.41) is 8.70. The molecule has 0 aromatic carbocycles. The van der Waals surface area contributed by atoms with Gasteiger partial charge >= 0.3 is 5.97 Å². The van der Waals surface area contributed by atoms with Gasteiger partial charge in [0.2, 0.25) is 0 Å². The van der Waals surface area contributed by atoms with Gasteiger partial charge in [0.1, 0.15) is 0 Å². The number of rotatable bonds is 2. The first-order valence-corrected chi connectivity index (χ1v) is 4.66. The van der Waals surface area contributed by atoms with Gasteiger partial charge in [-0.2, -0.15) is 0 Å². The Balaban J connectivity index is 2.53. The zero-order chi connectivity index (χ0) is 10.0. The molecule has 13 heavy (non-hydrogen) atoms. The summed E-state index contributed by atoms with van der Waals surface area (Å²) in [6.07, 6.45) is 1.55. The van der Waals surface area contributed by atoms with Crippen LogP contribution in [0.4, 0.5) is 0 Å². The molecule has 1 heterocycles. The molecule has 1 aliphatic rings. The molecule has 1 N–H and O–H groups in total. The van der Waals surface area contributed by atoms with Gasteiger partial charge < -0.3 is 5.11 Å². The van der Waals surface area contributed by atoms with Gasteiger partial charge in [-0.05, 0) is 27.4 Å². The molecule has 0 saturated carbocycles. The number of hydrogen-bond acceptors (Lipinski definition) is 3. The molecule has 4 heteroatoms. The van der Waals surface area contributed by atoms with Crippen molar-refractivity contribution < 1.29 is 9.90 Å². The van der Waals surface area contributed by atoms with Gasteiger partial charge in [0.25, 0.3) is 0 Å². The summed E-state index contributed by atoms with van der Waals surface area (Å²) < 4.78 is 0. The van der Waals surface area contributed by atoms with Crippen molar-refractivity contribution in [3.05, 3.63) is 0 Å². The van der Waals surface area contributed by atoms with Crippen LogP contribution in [0.3, 0.4) is 0 Å². The quantitative estimate of drug-likeness (QED) is 0.679. The largest absolute Gasteiger partial charge is 0.481 e. The van der Waals surface area contributed by atoms with Crippen LogP contribution in [0.5, 0.6) is 0 Å². The fourth-order valence-electron chi connectivity index (χ4n) is 1.81. The molecule has 0 aliphatic carbocycles. The van der Waals surface area contributed by atoms with Crippen LogP contribution >= 0.6 is 0 Å². The van der Waals surface area contributed by atoms with Gasteiger partial charge in [-0.3, -0.25) is 14.6 Å². The van der Waals surface area contributed by atoms with Crippen LogP contribution in [0, 0.1) is 0 Å². The van der Waals surface area contributed by atoms with E-state index < -0.39 is 5.97 Å². The average molecular weight is 186 g/mol. The lowest BCUT2D eigenvalue weighted by Crippen LogP contribution is -2.53. The first-order chi connectivity index (χ1) is 6.02. The lowest BCUT2D eigenvalue weighted by molar-refractivity contribution is -0.139. The first-order valence-electron chi connectivity index (χ1n) is 4.66. The zero-order valence-corrected chi connectivity index (χ0v) is 8.53. The monoisotopic (exact) mass is 186 g/mol. The summed E-state index contributed by atoms with van der Waals surface area (Å²) in [5.74, 6) is -0.700. The van der Waals surface area contributed by atoms with E-state index in [2.05, 4.69) is 23.8 Å². The van der Waals surface area contributed by atoms with Gasteiger partial charge in [-0.25, -0.2) is 0 Å². The Labute approximate surface area is 79.1 Å². The van der Waals surface area contributed by atoms with Crippen LogP contribution in [-0.2, 0) is 4.79 Å². The molecule has 0 bridgehead atoms. The van der Waals surface area contributed by atoms with E-state index in [1.807, 2.05) is 7.05 Å². The van der Waals surface area contributed by atoms with Crippen molar-refractivity contribution in [1.82, 2.24) is 9.80 Å². The van der Waals surface area contributed by atoms with Gasteiger partial charge in [-0.1, -0.05) is 0 Å². The Hall–Kier alpha value is -0.610. The van der Waals surface area contributed by atoms with Gasteiger partial charge in [-0.15, -0.1) is 0 Å². The molecule has 0 amide bonds. The minimum absolute atomic E-state index is 0.198. The van der Waals surface area contributed by atoms with Gasteiger partial charge in [0.05, 0.1) is 12.6 Å². The molecule has 2 atom stereocenters. The van der Waals surface area contributed by atoms with E-state index in [9.17, 15) is 4.79 Å². The van der Waals surface area contributed by atoms with E-state index in [-0.39, 0.29) is 12.5 Å². The van der Waals surface area contributed by atoms with Crippen LogP contribution in [0.1, 0.15) is 19.8 Å². The number of carbonyl (C=O) groups is 1. The Morgan fingerprint density at radius 3 is 2.69 bits per heavy atom. The summed E-state index contributed by atoms with van der Waals surface area (Å²) in [5.41, 5.74) is 0. The van der Waals surface area contributed by atoms with E-state index >= 15 is 0 Å². The van der Waals surface area contributed by atoms with Crippen LogP contribution < -0.4 is 0 Å². The van der Waals surface area contributed by atoms with Gasteiger partial charge in [0.15, 0.2) is 0 Å². The standard InChI is InChI=1S/C9H18N2O2/c1-7-10(2)5-4-8(11(7)3)6-9(12)13/h7-8H,4-6H2,1-3H3,(H,12,13). The van der Waals surface area contributed by atoms with Crippen molar-refractivity contribution in [3.8, 4) is 0 Å². The summed E-state index contributed by atoms with van der Waals surface area (Å²) >= 11 is 0. The number of nitrogens with zero attached hydrogens (tertiary/aromatic N) is 2. The first kappa shape index (κ1) is 10.5. The zero-order valence-electron chi connectivity index (χ0n) is 8.53. The third kappa shape index (κ3) is 2.42. The maximum Gasteiger partial charge on any atom is 0.304 e. The molecule has 1 aliphatic heterocycles. The smallest absolute Gasteiger partial charge is 0.304 e. The highest BCUT2D eigenvalue weighted by molar-refractivity contribution is 5.67. The molecular weight excluding hydrogens is 168 g/mol. The topological polar surface area (TPSA) is 43.8 Å². The highest BCUT2D eigenvalue weighted by atomic mass is 16.4. The van der Waals surface area contributed by atoms with Crippen LogP contribution in [0.15, 0.2) is 0 Å². The SMILES string of the molecule is CC1N(C)CCC(CC(=O)O)N1C. The van der Waals surface area contributed by atoms with Crippen molar-refractivity contribution in [2.45, 2.75) is 32.0 Å². The number of aliphatic carboxylic acids is 1. The summed E-state index contributed by atoms with van der Waals surface area (Å²) in [4.78, 5) is 14.9. The lowest BCUT2D eigenvalue weighted by Gasteiger charge is -2.43. The Kier molecular flexibility index (Phi) is 3.27. The van der Waals surface area contributed by atoms with E-state index in [0.29, 0.717) is 6.17 Å². The second kappa shape index (κ2) is 4.07. The molecule has 1 saturated heterocycles. The number of hydrogen-bond donors (Lipinski definition) is 1. The number of carboxylic acid groups (broad SMARTS) is 1. The summed E-state index contributed by atoms with van der Waals surface area (Å²) in [6.45, 7) is 3.09. The van der Waals surface area contributed by atoms with Crippen molar-refractivity contribution >= 4 is 5.97 Å². The fraction of sp³-hybridized carbons (Fsp3) is 0.889. The van der Waals surface area contributed by atoms with E-state index in [1.165, 1.54) is 0 Å². The van der Waals surface area contributed by atoms with Crippen molar-refractivity contribution in [3.63, 3.8) is 0 Å². The third-order valence-corrected chi connectivity index (χ3v) is 3.03. The maximum atomic E-state index is 10.6. The Bertz CT molecular complexity index is 196. The summed E-state index contributed by atoms with van der Waals surface area (Å²) in [6, 6.07) is 0.198. The molecular formula is C9H18N2O2. The van der Waals surface area contributed by atoms with E-state index in [1.54, 1.807) is 0 Å². The van der Waals surface area contributed by atoms with E-state index in [0.717, 1.165) is 13.0 Å². The normalized spacial score (nSPS) is 31.9. The Morgan fingerprint density at radius 2 is 2.15 bits per heavy atom. The lowest BCUT2D eigenvalue weighted by atomic mass is 10.0. The molecule has 0 spiro atoms. The third-order valence-electron chi connectivity index (χ3n) is 3.03. The number of carboxylic acids is 1. The highest BCUT2D eigenvalue weighted by Crippen LogP contribution is 2.18. The minimum atomic E-state index is -0.700. The van der Waals surface area contributed by atoms with Crippen LogP contribution in [0.25, 0.3) is 0 Å². The second-order valence-electron chi connectivity index (χ2n) is 3.82. The molecule has 4 nitrogen and oxygen atoms in total. The molecule has 0 aromatic rings. The molecule has 0 aromatic heterocycles. The second-order valence-corrected chi connectivity index (χ2v) is 3.82. The van der Waals surface area contributed by atoms with Crippen molar-refractivity contribution in [2.24, 2.45) is 0 Å². The van der Waals surface area contributed by atoms with Crippen molar-refractivity contribution in [1.29, 1.82) is 0 Å². The molecule has 1 rings (SSSR count). The minimum Gasteiger partial charge on any atom is -0.481 e. The molecule has 2 unspecified atom stereocenters. The predicted octanol–water partition coefficient (Wildman–Crippen LogP) is 0.443. The van der Waals surface area contributed by atoms with Crippen LogP contribution in [0.2, 0.25) is 0 Å². The summed E-state index contributed by atoms with van der Waals surface area (Å²) in [7, 11) is 4.06. The predicted molar refractivity (Wildman–Crippen MR) is 50.5 cm³/mol. The van der Waals surface area contributed by atoms with Gasteiger partial charge in [0, 0.05) is 12.6 Å². The molecule has 1 fully saturated rings. The fourth-order valence-corrected chi connectivity index (χ4v) is 1.81. The molecule has 76 valence electrons. The highest BCUT2D eigenvalue weighted by Gasteiger charge is 2.29. The van der Waals surface area contributed by atoms with E-state index in [4.69, 9.17) is 5.11 Å². The average Bonchev–Trinajstić information content (AvgIpc) is 2.06.